The Morgan fingerprint density at radius 2 is 1.58 bits per heavy atom. The van der Waals surface area contributed by atoms with E-state index >= 15 is 0 Å². The van der Waals surface area contributed by atoms with Gasteiger partial charge >= 0.3 is 0 Å². The van der Waals surface area contributed by atoms with Crippen molar-refractivity contribution in [3.63, 3.8) is 0 Å². The van der Waals surface area contributed by atoms with Crippen LogP contribution in [-0.4, -0.2) is 26.9 Å². The van der Waals surface area contributed by atoms with Crippen LogP contribution in [0.2, 0.25) is 0 Å². The molecule has 0 radical (unpaired) electrons. The maximum Gasteiger partial charge on any atom is 0.203 e. The second kappa shape index (κ2) is 7.24. The molecule has 2 N–H and O–H groups in total. The molecule has 108 valence electrons. The van der Waals surface area contributed by atoms with E-state index in [1.165, 1.54) is 0 Å². The van der Waals surface area contributed by atoms with Gasteiger partial charge in [-0.1, -0.05) is 13.8 Å². The van der Waals surface area contributed by atoms with Gasteiger partial charge in [0.2, 0.25) is 5.75 Å². The number of nitrogens with two attached hydrogens (primary N) is 1. The summed E-state index contributed by atoms with van der Waals surface area (Å²) < 4.78 is 16.6. The standard InChI is InChI=1S/C15H25NO3/c1-10(2)9-19-15-13(17-4)7-12(6-11(3)16)8-14(15)18-5/h7-8,10-11H,6,9,16H2,1-5H3. The third-order valence-corrected chi connectivity index (χ3v) is 2.64. The van der Waals surface area contributed by atoms with Crippen LogP contribution in [0.1, 0.15) is 26.3 Å². The Labute approximate surface area is 115 Å². The largest absolute Gasteiger partial charge is 0.493 e. The lowest BCUT2D eigenvalue weighted by molar-refractivity contribution is 0.243. The molecule has 4 nitrogen and oxygen atoms in total. The fourth-order valence-electron chi connectivity index (χ4n) is 1.82. The van der Waals surface area contributed by atoms with E-state index in [1.807, 2.05) is 19.1 Å². The van der Waals surface area contributed by atoms with Crippen molar-refractivity contribution in [1.29, 1.82) is 0 Å². The summed E-state index contributed by atoms with van der Waals surface area (Å²) in [5.74, 6) is 2.48. The molecule has 1 unspecified atom stereocenters. The molecule has 0 aliphatic carbocycles. The zero-order chi connectivity index (χ0) is 14.4. The highest BCUT2D eigenvalue weighted by Gasteiger charge is 2.15. The van der Waals surface area contributed by atoms with E-state index in [0.717, 1.165) is 12.0 Å². The van der Waals surface area contributed by atoms with Crippen molar-refractivity contribution >= 4 is 0 Å². The minimum absolute atomic E-state index is 0.0943. The van der Waals surface area contributed by atoms with Gasteiger partial charge in [-0.05, 0) is 37.0 Å². The van der Waals surface area contributed by atoms with E-state index in [4.69, 9.17) is 19.9 Å². The first-order valence-electron chi connectivity index (χ1n) is 6.61. The molecular formula is C15H25NO3. The molecule has 1 aromatic carbocycles. The van der Waals surface area contributed by atoms with Gasteiger partial charge in [-0.3, -0.25) is 0 Å². The average Bonchev–Trinajstić information content (AvgIpc) is 2.35. The fraction of sp³-hybridized carbons (Fsp3) is 0.600. The van der Waals surface area contributed by atoms with Crippen LogP contribution < -0.4 is 19.9 Å². The fourth-order valence-corrected chi connectivity index (χ4v) is 1.82. The summed E-state index contributed by atoms with van der Waals surface area (Å²) in [6, 6.07) is 4.01. The van der Waals surface area contributed by atoms with Crippen molar-refractivity contribution in [3.8, 4) is 17.2 Å². The Balaban J connectivity index is 3.06. The quantitative estimate of drug-likeness (QED) is 0.825. The van der Waals surface area contributed by atoms with Crippen LogP contribution in [0.4, 0.5) is 0 Å². The lowest BCUT2D eigenvalue weighted by atomic mass is 10.1. The van der Waals surface area contributed by atoms with Gasteiger partial charge in [0, 0.05) is 6.04 Å². The SMILES string of the molecule is COc1cc(CC(C)N)cc(OC)c1OCC(C)C. The number of hydrogen-bond donors (Lipinski definition) is 1. The normalized spacial score (nSPS) is 12.4. The van der Waals surface area contributed by atoms with Gasteiger partial charge in [-0.15, -0.1) is 0 Å². The molecule has 1 rings (SSSR count). The number of methoxy groups -OCH3 is 2. The molecule has 0 saturated carbocycles. The first-order valence-corrected chi connectivity index (χ1v) is 6.61. The molecule has 1 atom stereocenters. The minimum atomic E-state index is 0.0943. The number of ether oxygens (including phenoxy) is 3. The highest BCUT2D eigenvalue weighted by Crippen LogP contribution is 2.39. The zero-order valence-corrected chi connectivity index (χ0v) is 12.5. The van der Waals surface area contributed by atoms with Crippen LogP contribution in [0.5, 0.6) is 17.2 Å². The van der Waals surface area contributed by atoms with Crippen molar-refractivity contribution in [3.05, 3.63) is 17.7 Å². The predicted octanol–water partition coefficient (Wildman–Crippen LogP) is 2.63. The second-order valence-corrected chi connectivity index (χ2v) is 5.22. The Morgan fingerprint density at radius 3 is 1.95 bits per heavy atom. The molecule has 0 aromatic heterocycles. The lowest BCUT2D eigenvalue weighted by Gasteiger charge is -2.17. The monoisotopic (exact) mass is 267 g/mol. The van der Waals surface area contributed by atoms with Gasteiger partial charge in [0.05, 0.1) is 20.8 Å². The average molecular weight is 267 g/mol. The first kappa shape index (κ1) is 15.6. The van der Waals surface area contributed by atoms with E-state index < -0.39 is 0 Å². The summed E-state index contributed by atoms with van der Waals surface area (Å²) in [5.41, 5.74) is 6.91. The molecule has 0 aliphatic heterocycles. The van der Waals surface area contributed by atoms with Crippen LogP contribution in [0, 0.1) is 5.92 Å². The van der Waals surface area contributed by atoms with Gasteiger partial charge in [-0.25, -0.2) is 0 Å². The lowest BCUT2D eigenvalue weighted by Crippen LogP contribution is -2.18. The summed E-state index contributed by atoms with van der Waals surface area (Å²) in [6.45, 7) is 6.80. The molecular weight excluding hydrogens is 242 g/mol. The molecule has 0 fully saturated rings. The van der Waals surface area contributed by atoms with Gasteiger partial charge in [0.15, 0.2) is 11.5 Å². The number of hydrogen-bond acceptors (Lipinski definition) is 4. The summed E-state index contributed by atoms with van der Waals surface area (Å²) in [5, 5.41) is 0. The maximum absolute atomic E-state index is 5.83. The van der Waals surface area contributed by atoms with Crippen LogP contribution in [0.25, 0.3) is 0 Å². The Kier molecular flexibility index (Phi) is 5.96. The molecule has 0 saturated heterocycles. The number of benzene rings is 1. The highest BCUT2D eigenvalue weighted by molar-refractivity contribution is 5.54. The third-order valence-electron chi connectivity index (χ3n) is 2.64. The molecule has 0 amide bonds. The van der Waals surface area contributed by atoms with Gasteiger partial charge in [0.25, 0.3) is 0 Å². The van der Waals surface area contributed by atoms with Crippen molar-refractivity contribution in [2.75, 3.05) is 20.8 Å². The Morgan fingerprint density at radius 1 is 1.05 bits per heavy atom. The highest BCUT2D eigenvalue weighted by atomic mass is 16.5. The van der Waals surface area contributed by atoms with Crippen LogP contribution >= 0.6 is 0 Å². The molecule has 0 bridgehead atoms. The van der Waals surface area contributed by atoms with Crippen molar-refractivity contribution in [2.45, 2.75) is 33.2 Å². The zero-order valence-electron chi connectivity index (χ0n) is 12.5. The molecule has 19 heavy (non-hydrogen) atoms. The molecule has 0 spiro atoms. The van der Waals surface area contributed by atoms with E-state index in [2.05, 4.69) is 13.8 Å². The van der Waals surface area contributed by atoms with Crippen molar-refractivity contribution < 1.29 is 14.2 Å². The topological polar surface area (TPSA) is 53.7 Å². The molecule has 1 aromatic rings. The third kappa shape index (κ3) is 4.63. The summed E-state index contributed by atoms with van der Waals surface area (Å²) in [4.78, 5) is 0. The minimum Gasteiger partial charge on any atom is -0.493 e. The van der Waals surface area contributed by atoms with E-state index in [-0.39, 0.29) is 6.04 Å². The Hall–Kier alpha value is -1.42. The summed E-state index contributed by atoms with van der Waals surface area (Å²) >= 11 is 0. The van der Waals surface area contributed by atoms with Crippen molar-refractivity contribution in [2.24, 2.45) is 11.7 Å². The van der Waals surface area contributed by atoms with E-state index in [9.17, 15) is 0 Å². The number of rotatable bonds is 7. The maximum atomic E-state index is 5.83. The smallest absolute Gasteiger partial charge is 0.203 e. The molecule has 0 heterocycles. The van der Waals surface area contributed by atoms with E-state index in [0.29, 0.717) is 29.8 Å². The van der Waals surface area contributed by atoms with Crippen LogP contribution in [0.3, 0.4) is 0 Å². The van der Waals surface area contributed by atoms with Crippen LogP contribution in [0.15, 0.2) is 12.1 Å². The summed E-state index contributed by atoms with van der Waals surface area (Å²) in [6.07, 6.45) is 0.775. The molecule has 0 aliphatic rings. The van der Waals surface area contributed by atoms with Crippen LogP contribution in [-0.2, 0) is 6.42 Å². The first-order chi connectivity index (χ1) is 8.97. The van der Waals surface area contributed by atoms with Gasteiger partial charge in [0.1, 0.15) is 0 Å². The van der Waals surface area contributed by atoms with E-state index in [1.54, 1.807) is 14.2 Å². The van der Waals surface area contributed by atoms with Gasteiger partial charge < -0.3 is 19.9 Å². The summed E-state index contributed by atoms with van der Waals surface area (Å²) in [7, 11) is 3.26. The molecule has 4 heteroatoms. The van der Waals surface area contributed by atoms with Crippen molar-refractivity contribution in [1.82, 2.24) is 0 Å². The Bertz CT molecular complexity index is 377. The predicted molar refractivity (Wildman–Crippen MR) is 77.2 cm³/mol. The second-order valence-electron chi connectivity index (χ2n) is 5.22. The van der Waals surface area contributed by atoms with Gasteiger partial charge in [-0.2, -0.15) is 0 Å².